The normalized spacial score (nSPS) is 14.1. The molecule has 0 saturated heterocycles. The van der Waals surface area contributed by atoms with Crippen molar-refractivity contribution in [1.29, 1.82) is 0 Å². The molecule has 1 atom stereocenters. The van der Waals surface area contributed by atoms with E-state index in [1.165, 1.54) is 18.2 Å². The summed E-state index contributed by atoms with van der Waals surface area (Å²) in [6, 6.07) is 14.4. The molecule has 0 bridgehead atoms. The second kappa shape index (κ2) is 6.31. The number of carbonyl (C=O) groups is 1. The van der Waals surface area contributed by atoms with Crippen molar-refractivity contribution < 1.29 is 22.2 Å². The highest BCUT2D eigenvalue weighted by Crippen LogP contribution is 2.32. The summed E-state index contributed by atoms with van der Waals surface area (Å²) in [5.74, 6) is -1.07. The Labute approximate surface area is 126 Å². The molecule has 0 N–H and O–H groups in total. The Balaban J connectivity index is 2.43. The zero-order valence-electron chi connectivity index (χ0n) is 11.3. The highest BCUT2D eigenvalue weighted by molar-refractivity contribution is 7.94. The molecule has 0 saturated carbocycles. The Morgan fingerprint density at radius 3 is 1.95 bits per heavy atom. The first-order valence-electron chi connectivity index (χ1n) is 6.28. The monoisotopic (exact) mass is 327 g/mol. The van der Waals surface area contributed by atoms with Crippen LogP contribution < -0.4 is 0 Å². The topological polar surface area (TPSA) is 46.5 Å². The van der Waals surface area contributed by atoms with Gasteiger partial charge in [-0.2, -0.15) is 13.2 Å². The molecular formula is C15H12F3NO2S. The number of halogens is 3. The SMILES string of the molecule is O=C(Cc1ccccc1)N=S(=O)(c1ccccc1)C(F)(F)F. The maximum absolute atomic E-state index is 13.2. The van der Waals surface area contributed by atoms with Crippen molar-refractivity contribution in [3.63, 3.8) is 0 Å². The predicted molar refractivity (Wildman–Crippen MR) is 76.5 cm³/mol. The number of amides is 1. The summed E-state index contributed by atoms with van der Waals surface area (Å²) in [4.78, 5) is 11.3. The summed E-state index contributed by atoms with van der Waals surface area (Å²) in [6.07, 6.45) is -0.333. The van der Waals surface area contributed by atoms with Crippen LogP contribution in [0.25, 0.3) is 0 Å². The molecule has 0 fully saturated rings. The van der Waals surface area contributed by atoms with Crippen LogP contribution in [0.3, 0.4) is 0 Å². The molecule has 0 aliphatic carbocycles. The van der Waals surface area contributed by atoms with Crippen molar-refractivity contribution in [2.24, 2.45) is 4.36 Å². The molecule has 0 aromatic heterocycles. The van der Waals surface area contributed by atoms with Crippen molar-refractivity contribution in [1.82, 2.24) is 0 Å². The van der Waals surface area contributed by atoms with E-state index in [1.807, 2.05) is 0 Å². The van der Waals surface area contributed by atoms with Gasteiger partial charge in [-0.15, -0.1) is 4.36 Å². The summed E-state index contributed by atoms with van der Waals surface area (Å²) in [7, 11) is -4.83. The van der Waals surface area contributed by atoms with Gasteiger partial charge in [-0.25, -0.2) is 4.21 Å². The number of alkyl halides is 3. The second-order valence-corrected chi connectivity index (χ2v) is 6.60. The molecular weight excluding hydrogens is 315 g/mol. The van der Waals surface area contributed by atoms with Crippen LogP contribution in [0.1, 0.15) is 5.56 Å². The molecule has 0 heterocycles. The fourth-order valence-corrected chi connectivity index (χ4v) is 3.14. The van der Waals surface area contributed by atoms with E-state index in [4.69, 9.17) is 0 Å². The average Bonchev–Trinajstić information content (AvgIpc) is 2.47. The third kappa shape index (κ3) is 3.54. The van der Waals surface area contributed by atoms with E-state index in [0.717, 1.165) is 12.1 Å². The van der Waals surface area contributed by atoms with E-state index < -0.39 is 26.0 Å². The van der Waals surface area contributed by atoms with Crippen LogP contribution in [0.5, 0.6) is 0 Å². The van der Waals surface area contributed by atoms with Crippen LogP contribution in [-0.2, 0) is 20.9 Å². The van der Waals surface area contributed by atoms with Crippen molar-refractivity contribution >= 4 is 15.6 Å². The zero-order chi connectivity index (χ0) is 16.2. The van der Waals surface area contributed by atoms with E-state index in [9.17, 15) is 22.2 Å². The predicted octanol–water partition coefficient (Wildman–Crippen LogP) is 3.80. The van der Waals surface area contributed by atoms with E-state index in [-0.39, 0.29) is 6.42 Å². The molecule has 0 aliphatic rings. The van der Waals surface area contributed by atoms with Gasteiger partial charge < -0.3 is 0 Å². The molecule has 2 rings (SSSR count). The van der Waals surface area contributed by atoms with Gasteiger partial charge in [0.15, 0.2) is 9.73 Å². The van der Waals surface area contributed by atoms with Crippen LogP contribution in [0.2, 0.25) is 0 Å². The first-order chi connectivity index (χ1) is 10.3. The highest BCUT2D eigenvalue weighted by atomic mass is 32.2. The number of benzene rings is 2. The van der Waals surface area contributed by atoms with Crippen molar-refractivity contribution in [3.8, 4) is 0 Å². The van der Waals surface area contributed by atoms with Gasteiger partial charge in [0.25, 0.3) is 5.91 Å². The third-order valence-electron chi connectivity index (χ3n) is 2.80. The third-order valence-corrected chi connectivity index (χ3v) is 4.80. The number of nitrogens with zero attached hydrogens (tertiary/aromatic N) is 1. The van der Waals surface area contributed by atoms with E-state index in [0.29, 0.717) is 5.56 Å². The minimum atomic E-state index is -5.12. The van der Waals surface area contributed by atoms with Crippen LogP contribution in [0, 0.1) is 0 Å². The quantitative estimate of drug-likeness (QED) is 0.861. The number of hydrogen-bond donors (Lipinski definition) is 0. The van der Waals surface area contributed by atoms with E-state index in [2.05, 4.69) is 4.36 Å². The largest absolute Gasteiger partial charge is 0.484 e. The van der Waals surface area contributed by atoms with Gasteiger partial charge in [0, 0.05) is 0 Å². The van der Waals surface area contributed by atoms with E-state index in [1.54, 1.807) is 30.3 Å². The first kappa shape index (κ1) is 16.2. The van der Waals surface area contributed by atoms with Crippen molar-refractivity contribution in [2.75, 3.05) is 0 Å². The maximum Gasteiger partial charge on any atom is 0.484 e. The van der Waals surface area contributed by atoms with Crippen LogP contribution >= 0.6 is 0 Å². The minimum Gasteiger partial charge on any atom is -0.272 e. The summed E-state index contributed by atoms with van der Waals surface area (Å²) >= 11 is 0. The molecule has 22 heavy (non-hydrogen) atoms. The fraction of sp³-hybridized carbons (Fsp3) is 0.133. The zero-order valence-corrected chi connectivity index (χ0v) is 12.1. The maximum atomic E-state index is 13.2. The first-order valence-corrected chi connectivity index (χ1v) is 7.80. The fourth-order valence-electron chi connectivity index (χ4n) is 1.79. The molecule has 2 aromatic rings. The number of carbonyl (C=O) groups excluding carboxylic acids is 1. The number of hydrogen-bond acceptors (Lipinski definition) is 2. The Morgan fingerprint density at radius 2 is 1.45 bits per heavy atom. The number of rotatable bonds is 3. The molecule has 0 aliphatic heterocycles. The van der Waals surface area contributed by atoms with Gasteiger partial charge in [0.05, 0.1) is 11.3 Å². The average molecular weight is 327 g/mol. The molecule has 7 heteroatoms. The molecule has 116 valence electrons. The van der Waals surface area contributed by atoms with Crippen molar-refractivity contribution in [2.45, 2.75) is 16.8 Å². The van der Waals surface area contributed by atoms with Gasteiger partial charge in [-0.1, -0.05) is 48.5 Å². The smallest absolute Gasteiger partial charge is 0.272 e. The van der Waals surface area contributed by atoms with Gasteiger partial charge in [-0.05, 0) is 17.7 Å². The molecule has 2 aromatic carbocycles. The summed E-state index contributed by atoms with van der Waals surface area (Å²) < 4.78 is 54.8. The van der Waals surface area contributed by atoms with Crippen LogP contribution in [0.4, 0.5) is 13.2 Å². The standard InChI is InChI=1S/C15H12F3NO2S/c16-15(17,18)22(21,13-9-5-2-6-10-13)19-14(20)11-12-7-3-1-4-8-12/h1-10H,11H2. The van der Waals surface area contributed by atoms with Gasteiger partial charge in [0.1, 0.15) is 0 Å². The molecule has 0 radical (unpaired) electrons. The molecule has 1 unspecified atom stereocenters. The molecule has 3 nitrogen and oxygen atoms in total. The van der Waals surface area contributed by atoms with Crippen LogP contribution in [0.15, 0.2) is 69.9 Å². The Hall–Kier alpha value is -2.15. The Bertz CT molecular complexity index is 764. The van der Waals surface area contributed by atoms with Gasteiger partial charge in [0.2, 0.25) is 0 Å². The Kier molecular flexibility index (Phi) is 4.65. The molecule has 1 amide bonds. The highest BCUT2D eigenvalue weighted by Gasteiger charge is 2.45. The lowest BCUT2D eigenvalue weighted by molar-refractivity contribution is -0.117. The summed E-state index contributed by atoms with van der Waals surface area (Å²) in [5.41, 5.74) is -4.62. The minimum absolute atomic E-state index is 0.333. The lowest BCUT2D eigenvalue weighted by atomic mass is 10.1. The van der Waals surface area contributed by atoms with Crippen molar-refractivity contribution in [3.05, 3.63) is 66.2 Å². The van der Waals surface area contributed by atoms with Crippen LogP contribution in [-0.4, -0.2) is 15.6 Å². The lowest BCUT2D eigenvalue weighted by Crippen LogP contribution is -2.24. The van der Waals surface area contributed by atoms with Gasteiger partial charge in [-0.3, -0.25) is 4.79 Å². The van der Waals surface area contributed by atoms with E-state index >= 15 is 0 Å². The molecule has 0 spiro atoms. The lowest BCUT2D eigenvalue weighted by Gasteiger charge is -2.13. The Morgan fingerprint density at radius 1 is 0.955 bits per heavy atom. The van der Waals surface area contributed by atoms with Gasteiger partial charge >= 0.3 is 5.51 Å². The summed E-state index contributed by atoms with van der Waals surface area (Å²) in [6.45, 7) is 0. The second-order valence-electron chi connectivity index (χ2n) is 4.43. The summed E-state index contributed by atoms with van der Waals surface area (Å²) in [5, 5.41) is 0.